The molecule has 0 aromatic heterocycles. The van der Waals surface area contributed by atoms with E-state index in [0.717, 1.165) is 38.5 Å². The van der Waals surface area contributed by atoms with E-state index in [-0.39, 0.29) is 13.0 Å². The van der Waals surface area contributed by atoms with Crippen LogP contribution in [0, 0.1) is 0 Å². The number of aliphatic hydroxyl groups excluding tert-OH is 5. The van der Waals surface area contributed by atoms with E-state index < -0.39 is 63.1 Å². The molecule has 364 valence electrons. The van der Waals surface area contributed by atoms with Crippen molar-refractivity contribution in [2.75, 3.05) is 19.8 Å². The Morgan fingerprint density at radius 1 is 0.459 bits per heavy atom. The van der Waals surface area contributed by atoms with Crippen LogP contribution in [-0.4, -0.2) is 98.9 Å². The lowest BCUT2D eigenvalue weighted by molar-refractivity contribution is -0.220. The quantitative estimate of drug-likeness (QED) is 0.0193. The number of hydrogen-bond donors (Lipinski definition) is 6. The van der Waals surface area contributed by atoms with Gasteiger partial charge >= 0.3 is 13.8 Å². The smallest absolute Gasteiger partial charge is 0.457 e. The number of aliphatic hydroxyl groups is 5. The van der Waals surface area contributed by atoms with E-state index in [9.17, 15) is 39.8 Å². The number of esters is 1. The van der Waals surface area contributed by atoms with Gasteiger partial charge < -0.3 is 39.9 Å². The van der Waals surface area contributed by atoms with Gasteiger partial charge in [-0.1, -0.05) is 219 Å². The highest BCUT2D eigenvalue weighted by Gasteiger charge is 2.51. The Morgan fingerprint density at radius 2 is 0.770 bits per heavy atom. The van der Waals surface area contributed by atoms with Crippen molar-refractivity contribution in [3.63, 3.8) is 0 Å². The summed E-state index contributed by atoms with van der Waals surface area (Å²) >= 11 is 0. The van der Waals surface area contributed by atoms with E-state index >= 15 is 0 Å². The first-order valence-corrected chi connectivity index (χ1v) is 26.9. The minimum atomic E-state index is -5.01. The van der Waals surface area contributed by atoms with Crippen molar-refractivity contribution < 1.29 is 58.3 Å². The third kappa shape index (κ3) is 31.8. The SMILES string of the molecule is CCCCCCCCCCCCCCCCCCCCC(=O)OC(COCCCCCCCCCCCCCCCCCC)COP(=O)(O)OC1C(O)C(O)C(O)C(O)C1O. The van der Waals surface area contributed by atoms with Crippen molar-refractivity contribution in [1.82, 2.24) is 0 Å². The summed E-state index contributed by atoms with van der Waals surface area (Å²) < 4.78 is 34.3. The van der Waals surface area contributed by atoms with Crippen LogP contribution in [0.25, 0.3) is 0 Å². The molecular weight excluding hydrogens is 799 g/mol. The average molecular weight is 895 g/mol. The molecule has 0 saturated heterocycles. The molecule has 1 fully saturated rings. The van der Waals surface area contributed by atoms with Crippen LogP contribution in [0.5, 0.6) is 0 Å². The Balaban J connectivity index is 2.33. The van der Waals surface area contributed by atoms with Crippen LogP contribution in [0.1, 0.15) is 239 Å². The molecule has 13 heteroatoms. The number of carbonyl (C=O) groups excluding carboxylic acids is 1. The molecule has 0 spiro atoms. The van der Waals surface area contributed by atoms with Gasteiger partial charge in [0.05, 0.1) is 13.2 Å². The first kappa shape index (κ1) is 58.4. The Morgan fingerprint density at radius 3 is 1.13 bits per heavy atom. The molecule has 0 radical (unpaired) electrons. The predicted octanol–water partition coefficient (Wildman–Crippen LogP) is 10.9. The summed E-state index contributed by atoms with van der Waals surface area (Å²) in [5.74, 6) is -0.469. The van der Waals surface area contributed by atoms with E-state index in [1.165, 1.54) is 173 Å². The molecule has 0 aliphatic heterocycles. The Labute approximate surface area is 372 Å². The van der Waals surface area contributed by atoms with Crippen LogP contribution >= 0.6 is 7.82 Å². The summed E-state index contributed by atoms with van der Waals surface area (Å²) in [5.41, 5.74) is 0. The van der Waals surface area contributed by atoms with Gasteiger partial charge in [-0.05, 0) is 12.8 Å². The zero-order valence-electron chi connectivity index (χ0n) is 39.0. The normalized spacial score (nSPS) is 22.0. The van der Waals surface area contributed by atoms with Crippen LogP contribution in [-0.2, 0) is 27.9 Å². The largest absolute Gasteiger partial charge is 0.472 e. The maximum atomic E-state index is 12.8. The van der Waals surface area contributed by atoms with Gasteiger partial charge in [-0.25, -0.2) is 4.57 Å². The third-order valence-corrected chi connectivity index (χ3v) is 13.2. The van der Waals surface area contributed by atoms with Crippen molar-refractivity contribution in [3.05, 3.63) is 0 Å². The maximum absolute atomic E-state index is 12.8. The third-order valence-electron chi connectivity index (χ3n) is 12.2. The highest BCUT2D eigenvalue weighted by atomic mass is 31.2. The maximum Gasteiger partial charge on any atom is 0.472 e. The Kier molecular flexibility index (Phi) is 38.0. The predicted molar refractivity (Wildman–Crippen MR) is 244 cm³/mol. The summed E-state index contributed by atoms with van der Waals surface area (Å²) in [6.07, 6.45) is 30.2. The minimum Gasteiger partial charge on any atom is -0.457 e. The molecule has 61 heavy (non-hydrogen) atoms. The number of ether oxygens (including phenoxy) is 2. The molecular formula is C48H95O12P. The summed E-state index contributed by atoms with van der Waals surface area (Å²) in [7, 11) is -5.01. The summed E-state index contributed by atoms with van der Waals surface area (Å²) in [5, 5.41) is 50.3. The van der Waals surface area contributed by atoms with Crippen LogP contribution in [0.15, 0.2) is 0 Å². The molecule has 1 aliphatic carbocycles. The van der Waals surface area contributed by atoms with E-state index in [4.69, 9.17) is 18.5 Å². The Bertz CT molecular complexity index is 1020. The fourth-order valence-electron chi connectivity index (χ4n) is 8.18. The summed E-state index contributed by atoms with van der Waals surface area (Å²) in [6, 6.07) is 0. The molecule has 0 bridgehead atoms. The van der Waals surface area contributed by atoms with Crippen molar-refractivity contribution in [1.29, 1.82) is 0 Å². The molecule has 0 amide bonds. The molecule has 1 aliphatic rings. The molecule has 12 nitrogen and oxygen atoms in total. The number of phosphoric ester groups is 1. The number of rotatable bonds is 44. The number of unbranched alkanes of at least 4 members (excludes halogenated alkanes) is 32. The van der Waals surface area contributed by atoms with Crippen molar-refractivity contribution in [2.45, 2.75) is 281 Å². The zero-order chi connectivity index (χ0) is 44.8. The van der Waals surface area contributed by atoms with Crippen LogP contribution in [0.2, 0.25) is 0 Å². The van der Waals surface area contributed by atoms with E-state index in [0.29, 0.717) is 13.0 Å². The van der Waals surface area contributed by atoms with Gasteiger partial charge in [0.15, 0.2) is 0 Å². The lowest BCUT2D eigenvalue weighted by atomic mass is 9.85. The second-order valence-corrected chi connectivity index (χ2v) is 19.4. The number of phosphoric acid groups is 1. The van der Waals surface area contributed by atoms with Gasteiger partial charge in [0.25, 0.3) is 0 Å². The fourth-order valence-corrected chi connectivity index (χ4v) is 9.15. The average Bonchev–Trinajstić information content (AvgIpc) is 3.24. The minimum absolute atomic E-state index is 0.0676. The molecule has 6 unspecified atom stereocenters. The van der Waals surface area contributed by atoms with E-state index in [1.807, 2.05) is 0 Å². The first-order valence-electron chi connectivity index (χ1n) is 25.4. The molecule has 6 atom stereocenters. The molecule has 1 rings (SSSR count). The molecule has 0 aromatic rings. The topological polar surface area (TPSA) is 192 Å². The van der Waals surface area contributed by atoms with Crippen LogP contribution in [0.3, 0.4) is 0 Å². The second kappa shape index (κ2) is 39.7. The van der Waals surface area contributed by atoms with Gasteiger partial charge in [-0.3, -0.25) is 13.8 Å². The molecule has 0 heterocycles. The first-order chi connectivity index (χ1) is 29.5. The lowest BCUT2D eigenvalue weighted by Crippen LogP contribution is -2.64. The van der Waals surface area contributed by atoms with Crippen LogP contribution < -0.4 is 0 Å². The van der Waals surface area contributed by atoms with Gasteiger partial charge in [-0.2, -0.15) is 0 Å². The van der Waals surface area contributed by atoms with Gasteiger partial charge in [0.2, 0.25) is 0 Å². The van der Waals surface area contributed by atoms with Gasteiger partial charge in [0, 0.05) is 13.0 Å². The number of carbonyl (C=O) groups is 1. The van der Waals surface area contributed by atoms with Gasteiger partial charge in [0.1, 0.15) is 42.7 Å². The van der Waals surface area contributed by atoms with Gasteiger partial charge in [-0.15, -0.1) is 0 Å². The van der Waals surface area contributed by atoms with E-state index in [1.54, 1.807) is 0 Å². The second-order valence-electron chi connectivity index (χ2n) is 18.0. The van der Waals surface area contributed by atoms with Crippen LogP contribution in [0.4, 0.5) is 0 Å². The molecule has 1 saturated carbocycles. The fraction of sp³-hybridized carbons (Fsp3) is 0.979. The van der Waals surface area contributed by atoms with Crippen molar-refractivity contribution in [3.8, 4) is 0 Å². The van der Waals surface area contributed by atoms with E-state index in [2.05, 4.69) is 13.8 Å². The molecule has 0 aromatic carbocycles. The lowest BCUT2D eigenvalue weighted by Gasteiger charge is -2.41. The van der Waals surface area contributed by atoms with Crippen molar-refractivity contribution >= 4 is 13.8 Å². The Hall–Kier alpha value is -0.660. The molecule has 6 N–H and O–H groups in total. The summed E-state index contributed by atoms with van der Waals surface area (Å²) in [4.78, 5) is 23.2. The zero-order valence-corrected chi connectivity index (χ0v) is 39.9. The highest BCUT2D eigenvalue weighted by Crippen LogP contribution is 2.47. The number of hydrogen-bond acceptors (Lipinski definition) is 11. The standard InChI is InChI=1S/C48H95O12P/c1-3-5-7-9-11-13-15-17-19-21-22-23-25-27-29-31-33-35-37-42(49)59-41(40-58-61(55,56)60-48-46(53)44(51)43(50)45(52)47(48)54)39-57-38-36-34-32-30-28-26-24-20-18-16-14-12-10-8-6-4-2/h41,43-48,50-54H,3-40H2,1-2H3,(H,55,56). The van der Waals surface area contributed by atoms with Crippen molar-refractivity contribution in [2.24, 2.45) is 0 Å². The summed E-state index contributed by atoms with van der Waals surface area (Å²) in [6.45, 7) is 4.31. The highest BCUT2D eigenvalue weighted by molar-refractivity contribution is 7.47. The monoisotopic (exact) mass is 895 g/mol.